The summed E-state index contributed by atoms with van der Waals surface area (Å²) in [6, 6.07) is 9.09. The summed E-state index contributed by atoms with van der Waals surface area (Å²) < 4.78 is 15.6. The van der Waals surface area contributed by atoms with Gasteiger partial charge in [-0.2, -0.15) is 0 Å². The van der Waals surface area contributed by atoms with Crippen molar-refractivity contribution in [2.75, 3.05) is 13.4 Å². The zero-order chi connectivity index (χ0) is 22.4. The smallest absolute Gasteiger partial charge is 0.328 e. The first-order valence-electron chi connectivity index (χ1n) is 9.87. The van der Waals surface area contributed by atoms with Gasteiger partial charge in [0.2, 0.25) is 6.79 Å². The number of rotatable bonds is 8. The van der Waals surface area contributed by atoms with E-state index in [1.54, 1.807) is 38.1 Å². The minimum absolute atomic E-state index is 0.0288. The molecule has 2 amide bonds. The number of halogens is 1. The van der Waals surface area contributed by atoms with E-state index in [0.717, 1.165) is 5.56 Å². The molecule has 9 heteroatoms. The quantitative estimate of drug-likeness (QED) is 0.604. The van der Waals surface area contributed by atoms with E-state index in [0.29, 0.717) is 17.9 Å². The van der Waals surface area contributed by atoms with E-state index in [1.165, 1.54) is 12.1 Å². The maximum atomic E-state index is 12.9. The molecule has 8 nitrogen and oxygen atoms in total. The van der Waals surface area contributed by atoms with Crippen molar-refractivity contribution in [3.05, 3.63) is 58.1 Å². The first-order valence-corrected chi connectivity index (χ1v) is 10.2. The van der Waals surface area contributed by atoms with Gasteiger partial charge in [-0.25, -0.2) is 4.79 Å². The van der Waals surface area contributed by atoms with Crippen molar-refractivity contribution in [2.45, 2.75) is 32.9 Å². The standard InChI is InChI=1S/C22H23ClN2O6/c1-3-16(22(28)29-4-2)25-20(26)14-6-5-7-15(23)19(14)21(27)24-11-13-8-9-17-18(10-13)31-12-30-17/h5-10,16H,3-4,11-12H2,1-2H3,(H,24,27)(H,25,26). The molecule has 0 saturated carbocycles. The van der Waals surface area contributed by atoms with E-state index in [-0.39, 0.29) is 36.1 Å². The van der Waals surface area contributed by atoms with Crippen molar-refractivity contribution in [3.63, 3.8) is 0 Å². The van der Waals surface area contributed by atoms with E-state index >= 15 is 0 Å². The van der Waals surface area contributed by atoms with Crippen LogP contribution < -0.4 is 20.1 Å². The maximum Gasteiger partial charge on any atom is 0.328 e. The van der Waals surface area contributed by atoms with Crippen molar-refractivity contribution in [2.24, 2.45) is 0 Å². The minimum atomic E-state index is -0.823. The summed E-state index contributed by atoms with van der Waals surface area (Å²) in [6.07, 6.45) is 0.344. The number of ether oxygens (including phenoxy) is 3. The van der Waals surface area contributed by atoms with Crippen LogP contribution in [0.3, 0.4) is 0 Å². The van der Waals surface area contributed by atoms with Gasteiger partial charge in [0.1, 0.15) is 6.04 Å². The van der Waals surface area contributed by atoms with E-state index in [2.05, 4.69) is 10.6 Å². The van der Waals surface area contributed by atoms with Crippen LogP contribution in [0, 0.1) is 0 Å². The van der Waals surface area contributed by atoms with Crippen LogP contribution in [-0.4, -0.2) is 37.2 Å². The number of benzene rings is 2. The van der Waals surface area contributed by atoms with Crippen molar-refractivity contribution < 1.29 is 28.6 Å². The molecule has 0 aliphatic carbocycles. The number of fused-ring (bicyclic) bond motifs is 1. The van der Waals surface area contributed by atoms with E-state index in [4.69, 9.17) is 25.8 Å². The highest BCUT2D eigenvalue weighted by atomic mass is 35.5. The summed E-state index contributed by atoms with van der Waals surface area (Å²) in [4.78, 5) is 37.7. The average Bonchev–Trinajstić information content (AvgIpc) is 3.23. The summed E-state index contributed by atoms with van der Waals surface area (Å²) in [5, 5.41) is 5.50. The first kappa shape index (κ1) is 22.4. The van der Waals surface area contributed by atoms with E-state index in [9.17, 15) is 14.4 Å². The third kappa shape index (κ3) is 5.27. The molecule has 0 saturated heterocycles. The second kappa shape index (κ2) is 10.2. The van der Waals surface area contributed by atoms with Crippen LogP contribution in [0.5, 0.6) is 11.5 Å². The number of carbonyl (C=O) groups excluding carboxylic acids is 3. The summed E-state index contributed by atoms with van der Waals surface area (Å²) in [5.74, 6) is -0.385. The molecule has 0 aromatic heterocycles. The van der Waals surface area contributed by atoms with Gasteiger partial charge >= 0.3 is 5.97 Å². The fourth-order valence-electron chi connectivity index (χ4n) is 3.07. The Morgan fingerprint density at radius 1 is 1.10 bits per heavy atom. The average molecular weight is 447 g/mol. The molecule has 31 heavy (non-hydrogen) atoms. The van der Waals surface area contributed by atoms with Crippen LogP contribution in [0.15, 0.2) is 36.4 Å². The van der Waals surface area contributed by atoms with Gasteiger partial charge in [-0.15, -0.1) is 0 Å². The van der Waals surface area contributed by atoms with Gasteiger partial charge in [0.05, 0.1) is 22.8 Å². The fourth-order valence-corrected chi connectivity index (χ4v) is 3.33. The van der Waals surface area contributed by atoms with Crippen molar-refractivity contribution in [3.8, 4) is 11.5 Å². The summed E-state index contributed by atoms with van der Waals surface area (Å²) in [6.45, 7) is 4.00. The Hall–Kier alpha value is -3.26. The monoisotopic (exact) mass is 446 g/mol. The van der Waals surface area contributed by atoms with Crippen molar-refractivity contribution in [1.82, 2.24) is 10.6 Å². The van der Waals surface area contributed by atoms with E-state index < -0.39 is 23.8 Å². The number of amides is 2. The van der Waals surface area contributed by atoms with Crippen LogP contribution >= 0.6 is 11.6 Å². The van der Waals surface area contributed by atoms with Gasteiger partial charge in [0, 0.05) is 6.54 Å². The molecule has 0 fully saturated rings. The molecule has 1 heterocycles. The second-order valence-corrected chi connectivity index (χ2v) is 7.13. The van der Waals surface area contributed by atoms with Crippen LogP contribution in [0.2, 0.25) is 5.02 Å². The lowest BCUT2D eigenvalue weighted by Gasteiger charge is -2.17. The molecule has 1 aliphatic rings. The van der Waals surface area contributed by atoms with Gasteiger partial charge in [-0.1, -0.05) is 30.7 Å². The predicted octanol–water partition coefficient (Wildman–Crippen LogP) is 3.07. The van der Waals surface area contributed by atoms with Crippen LogP contribution in [0.1, 0.15) is 46.5 Å². The molecule has 2 aromatic rings. The van der Waals surface area contributed by atoms with Crippen molar-refractivity contribution in [1.29, 1.82) is 0 Å². The zero-order valence-corrected chi connectivity index (χ0v) is 18.0. The normalized spacial score (nSPS) is 12.7. The summed E-state index contributed by atoms with van der Waals surface area (Å²) in [7, 11) is 0. The summed E-state index contributed by atoms with van der Waals surface area (Å²) in [5.41, 5.74) is 0.892. The fraction of sp³-hybridized carbons (Fsp3) is 0.318. The molecule has 0 spiro atoms. The molecule has 2 aromatic carbocycles. The minimum Gasteiger partial charge on any atom is -0.464 e. The molecule has 1 aliphatic heterocycles. The Kier molecular flexibility index (Phi) is 7.36. The highest BCUT2D eigenvalue weighted by molar-refractivity contribution is 6.34. The second-order valence-electron chi connectivity index (χ2n) is 6.72. The lowest BCUT2D eigenvalue weighted by molar-refractivity contribution is -0.145. The highest BCUT2D eigenvalue weighted by Crippen LogP contribution is 2.32. The number of carbonyl (C=O) groups is 3. The van der Waals surface area contributed by atoms with Crippen LogP contribution in [-0.2, 0) is 16.1 Å². The molecule has 1 atom stereocenters. The SMILES string of the molecule is CCOC(=O)C(CC)NC(=O)c1cccc(Cl)c1C(=O)NCc1ccc2c(c1)OCO2. The molecule has 1 unspecified atom stereocenters. The highest BCUT2D eigenvalue weighted by Gasteiger charge is 2.25. The summed E-state index contributed by atoms with van der Waals surface area (Å²) >= 11 is 6.24. The molecule has 3 rings (SSSR count). The molecule has 0 radical (unpaired) electrons. The van der Waals surface area contributed by atoms with E-state index in [1.807, 2.05) is 0 Å². The third-order valence-electron chi connectivity index (χ3n) is 4.66. The molecular formula is C22H23ClN2O6. The molecular weight excluding hydrogens is 424 g/mol. The Morgan fingerprint density at radius 3 is 2.61 bits per heavy atom. The van der Waals surface area contributed by atoms with Gasteiger partial charge in [-0.05, 0) is 43.2 Å². The van der Waals surface area contributed by atoms with Crippen LogP contribution in [0.25, 0.3) is 0 Å². The maximum absolute atomic E-state index is 12.9. The van der Waals surface area contributed by atoms with Gasteiger partial charge in [0.15, 0.2) is 11.5 Å². The Bertz CT molecular complexity index is 994. The number of esters is 1. The molecule has 2 N–H and O–H groups in total. The van der Waals surface area contributed by atoms with Crippen LogP contribution in [0.4, 0.5) is 0 Å². The lowest BCUT2D eigenvalue weighted by Crippen LogP contribution is -2.42. The number of nitrogens with one attached hydrogen (secondary N) is 2. The molecule has 164 valence electrons. The lowest BCUT2D eigenvalue weighted by atomic mass is 10.0. The van der Waals surface area contributed by atoms with Gasteiger partial charge < -0.3 is 24.8 Å². The van der Waals surface area contributed by atoms with Gasteiger partial charge in [0.25, 0.3) is 11.8 Å². The third-order valence-corrected chi connectivity index (χ3v) is 4.98. The predicted molar refractivity (Wildman–Crippen MR) is 113 cm³/mol. The Balaban J connectivity index is 1.74. The Labute approximate surface area is 184 Å². The van der Waals surface area contributed by atoms with Gasteiger partial charge in [-0.3, -0.25) is 9.59 Å². The number of hydrogen-bond acceptors (Lipinski definition) is 6. The molecule has 0 bridgehead atoms. The van der Waals surface area contributed by atoms with Crippen molar-refractivity contribution >= 4 is 29.4 Å². The topological polar surface area (TPSA) is 103 Å². The Morgan fingerprint density at radius 2 is 1.87 bits per heavy atom. The number of hydrogen-bond donors (Lipinski definition) is 2. The largest absolute Gasteiger partial charge is 0.464 e. The zero-order valence-electron chi connectivity index (χ0n) is 17.2. The first-order chi connectivity index (χ1) is 14.9.